The summed E-state index contributed by atoms with van der Waals surface area (Å²) in [5.74, 6) is -4.47. The first-order valence-electron chi connectivity index (χ1n) is 14.8. The summed E-state index contributed by atoms with van der Waals surface area (Å²) in [4.78, 5) is 27.0. The van der Waals surface area contributed by atoms with Crippen LogP contribution in [-0.2, 0) is 17.8 Å². The van der Waals surface area contributed by atoms with Gasteiger partial charge in [0.15, 0.2) is 0 Å². The lowest BCUT2D eigenvalue weighted by molar-refractivity contribution is -0.139. The monoisotopic (exact) mass is 620 g/mol. The summed E-state index contributed by atoms with van der Waals surface area (Å²) >= 11 is 0. The van der Waals surface area contributed by atoms with E-state index in [4.69, 9.17) is 9.47 Å². The second-order valence-electron chi connectivity index (χ2n) is 11.2. The zero-order valence-electron chi connectivity index (χ0n) is 25.3. The first-order chi connectivity index (χ1) is 21.5. The average molecular weight is 621 g/mol. The summed E-state index contributed by atoms with van der Waals surface area (Å²) < 4.78 is 54.3. The maximum Gasteiger partial charge on any atom is 0.326 e. The first kappa shape index (κ1) is 31.8. The number of hydrogen-bond acceptors (Lipinski definition) is 5. The van der Waals surface area contributed by atoms with Crippen LogP contribution in [0.5, 0.6) is 11.5 Å². The van der Waals surface area contributed by atoms with Crippen LogP contribution in [0, 0.1) is 12.7 Å². The molecular weight excluding hydrogens is 585 g/mol. The Bertz CT molecular complexity index is 1720. The lowest BCUT2D eigenvalue weighted by Gasteiger charge is -2.22. The maximum atomic E-state index is 14.5. The van der Waals surface area contributed by atoms with Gasteiger partial charge in [0.1, 0.15) is 23.4 Å². The SMILES string of the molecule is CCOc1ccc(CN2CCC(F)(F)C2)c(OC)c1-c1cccc2c(C[C@H](NC(=O)c3c(C)cccc3F)C(=O)O)cccc12. The van der Waals surface area contributed by atoms with Gasteiger partial charge >= 0.3 is 5.97 Å². The van der Waals surface area contributed by atoms with E-state index in [-0.39, 0.29) is 38.0 Å². The summed E-state index contributed by atoms with van der Waals surface area (Å²) in [5, 5.41) is 14.0. The lowest BCUT2D eigenvalue weighted by atomic mass is 9.91. The molecular formula is C35H35F3N2O5. The zero-order chi connectivity index (χ0) is 32.3. The standard InChI is InChI=1S/C35H35F3N2O5/c1-4-45-29-15-14-23(19-40-17-16-35(37,38)20-40)32(44-3)31(29)26-12-7-10-24-22(9-6-11-25(24)26)18-28(34(42)43)39-33(41)30-21(2)8-5-13-27(30)36/h5-15,28H,4,16-20H2,1-3H3,(H,39,41)(H,42,43)/t28-/m0/s1. The number of aliphatic carboxylic acids is 1. The van der Waals surface area contributed by atoms with Crippen LogP contribution in [0.4, 0.5) is 13.2 Å². The molecule has 0 unspecified atom stereocenters. The highest BCUT2D eigenvalue weighted by Crippen LogP contribution is 2.45. The number of benzene rings is 4. The molecule has 7 nitrogen and oxygen atoms in total. The molecule has 1 amide bonds. The van der Waals surface area contributed by atoms with Crippen molar-refractivity contribution in [1.29, 1.82) is 0 Å². The molecule has 4 aromatic rings. The number of carbonyl (C=O) groups excluding carboxylic acids is 1. The van der Waals surface area contributed by atoms with Gasteiger partial charge in [-0.1, -0.05) is 54.6 Å². The minimum absolute atomic E-state index is 0.0615. The Labute approximate surface area is 259 Å². The van der Waals surface area contributed by atoms with Crippen molar-refractivity contribution in [3.63, 3.8) is 0 Å². The van der Waals surface area contributed by atoms with Crippen LogP contribution in [0.2, 0.25) is 0 Å². The van der Waals surface area contributed by atoms with Crippen LogP contribution in [0.25, 0.3) is 21.9 Å². The Morgan fingerprint density at radius 2 is 1.76 bits per heavy atom. The van der Waals surface area contributed by atoms with Gasteiger partial charge in [0.25, 0.3) is 11.8 Å². The number of nitrogens with one attached hydrogen (secondary N) is 1. The second-order valence-corrected chi connectivity index (χ2v) is 11.2. The van der Waals surface area contributed by atoms with Crippen molar-refractivity contribution < 1.29 is 37.3 Å². The van der Waals surface area contributed by atoms with Gasteiger partial charge in [0, 0.05) is 31.5 Å². The summed E-state index contributed by atoms with van der Waals surface area (Å²) in [7, 11) is 1.53. The summed E-state index contributed by atoms with van der Waals surface area (Å²) in [6.45, 7) is 4.05. The molecule has 10 heteroatoms. The molecule has 0 bridgehead atoms. The number of aryl methyl sites for hydroxylation is 1. The Kier molecular flexibility index (Phi) is 9.34. The zero-order valence-corrected chi connectivity index (χ0v) is 25.3. The van der Waals surface area contributed by atoms with E-state index in [0.717, 1.165) is 28.0 Å². The van der Waals surface area contributed by atoms with Crippen LogP contribution < -0.4 is 14.8 Å². The van der Waals surface area contributed by atoms with Crippen LogP contribution >= 0.6 is 0 Å². The molecule has 0 spiro atoms. The summed E-state index contributed by atoms with van der Waals surface area (Å²) in [6.07, 6.45) is -0.253. The Morgan fingerprint density at radius 1 is 1.02 bits per heavy atom. The smallest absolute Gasteiger partial charge is 0.326 e. The quantitative estimate of drug-likeness (QED) is 0.196. The van der Waals surface area contributed by atoms with Gasteiger partial charge in [-0.25, -0.2) is 18.0 Å². The fourth-order valence-corrected chi connectivity index (χ4v) is 6.02. The van der Waals surface area contributed by atoms with Crippen molar-refractivity contribution in [1.82, 2.24) is 10.2 Å². The maximum absolute atomic E-state index is 14.5. The number of carbonyl (C=O) groups is 2. The van der Waals surface area contributed by atoms with Crippen LogP contribution in [0.3, 0.4) is 0 Å². The van der Waals surface area contributed by atoms with Gasteiger partial charge in [-0.15, -0.1) is 0 Å². The number of amides is 1. The molecule has 1 aliphatic heterocycles. The van der Waals surface area contributed by atoms with Gasteiger partial charge < -0.3 is 19.9 Å². The first-order valence-corrected chi connectivity index (χ1v) is 14.8. The number of carboxylic acids is 1. The van der Waals surface area contributed by atoms with Crippen LogP contribution in [0.15, 0.2) is 66.7 Å². The Morgan fingerprint density at radius 3 is 2.42 bits per heavy atom. The fourth-order valence-electron chi connectivity index (χ4n) is 6.02. The molecule has 2 N–H and O–H groups in total. The van der Waals surface area contributed by atoms with Crippen molar-refractivity contribution in [2.24, 2.45) is 0 Å². The van der Waals surface area contributed by atoms with Gasteiger partial charge in [-0.2, -0.15) is 0 Å². The molecule has 1 fully saturated rings. The molecule has 1 aliphatic rings. The number of rotatable bonds is 11. The number of nitrogens with zero attached hydrogens (tertiary/aromatic N) is 1. The molecule has 4 aromatic carbocycles. The Balaban J connectivity index is 1.54. The fraction of sp³-hybridized carbons (Fsp3) is 0.314. The van der Waals surface area contributed by atoms with Gasteiger partial charge in [-0.3, -0.25) is 9.69 Å². The molecule has 1 atom stereocenters. The average Bonchev–Trinajstić information content (AvgIpc) is 3.34. The highest BCUT2D eigenvalue weighted by atomic mass is 19.3. The highest BCUT2D eigenvalue weighted by Gasteiger charge is 2.38. The summed E-state index contributed by atoms with van der Waals surface area (Å²) in [5.41, 5.74) is 2.99. The molecule has 1 saturated heterocycles. The summed E-state index contributed by atoms with van der Waals surface area (Å²) in [6, 6.07) is 17.6. The number of hydrogen-bond donors (Lipinski definition) is 2. The number of ether oxygens (including phenoxy) is 2. The number of carboxylic acid groups (broad SMARTS) is 1. The van der Waals surface area contributed by atoms with Crippen molar-refractivity contribution in [3.8, 4) is 22.6 Å². The molecule has 236 valence electrons. The molecule has 5 rings (SSSR count). The molecule has 0 saturated carbocycles. The number of methoxy groups -OCH3 is 1. The van der Waals surface area contributed by atoms with Crippen molar-refractivity contribution in [2.75, 3.05) is 26.8 Å². The second kappa shape index (κ2) is 13.2. The molecule has 0 radical (unpaired) electrons. The molecule has 0 aromatic heterocycles. The number of likely N-dealkylation sites (tertiary alicyclic amines) is 1. The third-order valence-electron chi connectivity index (χ3n) is 8.11. The van der Waals surface area contributed by atoms with Crippen LogP contribution in [-0.4, -0.2) is 60.7 Å². The van der Waals surface area contributed by atoms with E-state index in [1.807, 2.05) is 43.3 Å². The van der Waals surface area contributed by atoms with E-state index in [1.54, 1.807) is 30.0 Å². The predicted molar refractivity (Wildman–Crippen MR) is 166 cm³/mol. The highest BCUT2D eigenvalue weighted by molar-refractivity contribution is 6.02. The van der Waals surface area contributed by atoms with Crippen LogP contribution in [0.1, 0.15) is 40.4 Å². The van der Waals surface area contributed by atoms with E-state index < -0.39 is 29.7 Å². The van der Waals surface area contributed by atoms with E-state index in [9.17, 15) is 27.9 Å². The minimum Gasteiger partial charge on any atom is -0.496 e. The minimum atomic E-state index is -2.73. The molecule has 45 heavy (non-hydrogen) atoms. The normalized spacial score (nSPS) is 15.2. The van der Waals surface area contributed by atoms with E-state index in [0.29, 0.717) is 34.8 Å². The number of halogens is 3. The third-order valence-corrected chi connectivity index (χ3v) is 8.11. The van der Waals surface area contributed by atoms with Crippen molar-refractivity contribution >= 4 is 22.6 Å². The molecule has 0 aliphatic carbocycles. The van der Waals surface area contributed by atoms with Gasteiger partial charge in [-0.05, 0) is 53.4 Å². The predicted octanol–water partition coefficient (Wildman–Crippen LogP) is 6.63. The van der Waals surface area contributed by atoms with Gasteiger partial charge in [0.2, 0.25) is 0 Å². The molecule has 1 heterocycles. The van der Waals surface area contributed by atoms with E-state index in [1.165, 1.54) is 13.2 Å². The van der Waals surface area contributed by atoms with Crippen molar-refractivity contribution in [2.45, 2.75) is 45.2 Å². The largest absolute Gasteiger partial charge is 0.496 e. The number of alkyl halides is 2. The van der Waals surface area contributed by atoms with E-state index in [2.05, 4.69) is 5.32 Å². The lowest BCUT2D eigenvalue weighted by Crippen LogP contribution is -2.42. The van der Waals surface area contributed by atoms with Crippen molar-refractivity contribution in [3.05, 3.63) is 94.8 Å². The van der Waals surface area contributed by atoms with E-state index >= 15 is 0 Å². The third kappa shape index (κ3) is 6.76. The Hall–Kier alpha value is -4.57. The van der Waals surface area contributed by atoms with Gasteiger partial charge in [0.05, 0.1) is 31.4 Å². The number of fused-ring (bicyclic) bond motifs is 1. The topological polar surface area (TPSA) is 88.1 Å².